The molecule has 0 bridgehead atoms. The van der Waals surface area contributed by atoms with Gasteiger partial charge in [-0.2, -0.15) is 0 Å². The Labute approximate surface area is 179 Å². The van der Waals surface area contributed by atoms with Crippen LogP contribution in [0.4, 0.5) is 0 Å². The van der Waals surface area contributed by atoms with Crippen LogP contribution in [0.3, 0.4) is 0 Å². The fourth-order valence-electron chi connectivity index (χ4n) is 5.36. The van der Waals surface area contributed by atoms with E-state index in [0.717, 1.165) is 38.0 Å². The number of nitrogens with zero attached hydrogens (tertiary/aromatic N) is 2. The lowest BCUT2D eigenvalue weighted by Gasteiger charge is -2.45. The smallest absolute Gasteiger partial charge is 0.220 e. The van der Waals surface area contributed by atoms with Crippen LogP contribution in [0.5, 0.6) is 0 Å². The van der Waals surface area contributed by atoms with Gasteiger partial charge in [0, 0.05) is 45.9 Å². The lowest BCUT2D eigenvalue weighted by atomic mass is 9.75. The molecule has 2 aromatic rings. The molecule has 4 rings (SSSR count). The molecule has 1 N–H and O–H groups in total. The summed E-state index contributed by atoms with van der Waals surface area (Å²) < 4.78 is 0. The van der Waals surface area contributed by atoms with Crippen LogP contribution in [0.1, 0.15) is 37.4 Å². The minimum absolute atomic E-state index is 0.0184. The van der Waals surface area contributed by atoms with Gasteiger partial charge in [-0.05, 0) is 24.0 Å². The number of fused-ring (bicyclic) bond motifs is 1. The van der Waals surface area contributed by atoms with Crippen LogP contribution in [0.2, 0.25) is 0 Å². The van der Waals surface area contributed by atoms with Gasteiger partial charge in [0.25, 0.3) is 0 Å². The van der Waals surface area contributed by atoms with Gasteiger partial charge >= 0.3 is 0 Å². The molecule has 2 amide bonds. The lowest BCUT2D eigenvalue weighted by molar-refractivity contribution is -0.130. The van der Waals surface area contributed by atoms with Crippen molar-refractivity contribution in [3.63, 3.8) is 0 Å². The Hall–Kier alpha value is -2.66. The van der Waals surface area contributed by atoms with E-state index in [-0.39, 0.29) is 29.3 Å². The third-order valence-corrected chi connectivity index (χ3v) is 6.74. The molecular weight excluding hydrogens is 374 g/mol. The first kappa shape index (κ1) is 20.6. The standard InChI is InChI=1S/C25H31N3O2/c1-19(29)26-25-14-16-27(15-13-21-9-5-3-6-10-21)17-23(25)24(28(18-25)20(2)30)22-11-7-4-8-12-22/h3-12,23-24H,13-18H2,1-2H3,(H,26,29)/t23-,24-,25-/m1/s1. The van der Waals surface area contributed by atoms with Gasteiger partial charge in [-0.3, -0.25) is 9.59 Å². The van der Waals surface area contributed by atoms with E-state index in [1.165, 1.54) is 5.56 Å². The van der Waals surface area contributed by atoms with E-state index < -0.39 is 0 Å². The second-order valence-corrected chi connectivity index (χ2v) is 8.73. The molecule has 0 saturated carbocycles. The molecule has 0 aliphatic carbocycles. The van der Waals surface area contributed by atoms with E-state index in [9.17, 15) is 9.59 Å². The van der Waals surface area contributed by atoms with E-state index in [4.69, 9.17) is 0 Å². The largest absolute Gasteiger partial charge is 0.349 e. The quantitative estimate of drug-likeness (QED) is 0.832. The van der Waals surface area contributed by atoms with Crippen molar-refractivity contribution in [1.82, 2.24) is 15.1 Å². The summed E-state index contributed by atoms with van der Waals surface area (Å²) in [4.78, 5) is 29.2. The number of carbonyl (C=O) groups excluding carboxylic acids is 2. The van der Waals surface area contributed by atoms with Crippen molar-refractivity contribution in [3.05, 3.63) is 71.8 Å². The summed E-state index contributed by atoms with van der Waals surface area (Å²) in [7, 11) is 0. The lowest BCUT2D eigenvalue weighted by Crippen LogP contribution is -2.61. The Morgan fingerprint density at radius 3 is 2.33 bits per heavy atom. The number of hydrogen-bond acceptors (Lipinski definition) is 3. The fraction of sp³-hybridized carbons (Fsp3) is 0.440. The zero-order valence-corrected chi connectivity index (χ0v) is 17.9. The fourth-order valence-corrected chi connectivity index (χ4v) is 5.36. The predicted molar refractivity (Wildman–Crippen MR) is 118 cm³/mol. The van der Waals surface area contributed by atoms with Crippen molar-refractivity contribution < 1.29 is 9.59 Å². The third kappa shape index (κ3) is 4.12. The molecule has 5 nitrogen and oxygen atoms in total. The number of piperidine rings is 1. The summed E-state index contributed by atoms with van der Waals surface area (Å²) in [6.45, 7) is 6.59. The Morgan fingerprint density at radius 2 is 1.70 bits per heavy atom. The number of amides is 2. The molecule has 2 heterocycles. The molecule has 2 saturated heterocycles. The van der Waals surface area contributed by atoms with Gasteiger partial charge in [0.15, 0.2) is 0 Å². The molecule has 30 heavy (non-hydrogen) atoms. The highest BCUT2D eigenvalue weighted by Gasteiger charge is 2.56. The van der Waals surface area contributed by atoms with Gasteiger partial charge in [0.2, 0.25) is 11.8 Å². The molecule has 158 valence electrons. The highest BCUT2D eigenvalue weighted by molar-refractivity contribution is 5.77. The molecule has 0 radical (unpaired) electrons. The summed E-state index contributed by atoms with van der Waals surface area (Å²) in [5, 5.41) is 3.28. The number of hydrogen-bond donors (Lipinski definition) is 1. The summed E-state index contributed by atoms with van der Waals surface area (Å²) in [6, 6.07) is 20.8. The Kier molecular flexibility index (Phi) is 5.91. The SMILES string of the molecule is CC(=O)N[C@@]12CCN(CCc3ccccc3)C[C@@H]1[C@@H](c1ccccc1)N(C(C)=O)C2. The van der Waals surface area contributed by atoms with Crippen LogP contribution in [-0.2, 0) is 16.0 Å². The van der Waals surface area contributed by atoms with Gasteiger partial charge in [0.1, 0.15) is 0 Å². The number of benzene rings is 2. The molecular formula is C25H31N3O2. The van der Waals surface area contributed by atoms with Crippen molar-refractivity contribution in [2.75, 3.05) is 26.2 Å². The summed E-state index contributed by atoms with van der Waals surface area (Å²) in [5.74, 6) is 0.214. The third-order valence-electron chi connectivity index (χ3n) is 6.74. The van der Waals surface area contributed by atoms with E-state index >= 15 is 0 Å². The van der Waals surface area contributed by atoms with E-state index in [0.29, 0.717) is 6.54 Å². The highest BCUT2D eigenvalue weighted by atomic mass is 16.2. The zero-order valence-electron chi connectivity index (χ0n) is 17.9. The van der Waals surface area contributed by atoms with E-state index in [2.05, 4.69) is 46.6 Å². The van der Waals surface area contributed by atoms with Gasteiger partial charge in [-0.25, -0.2) is 0 Å². The Balaban J connectivity index is 1.61. The first-order valence-corrected chi connectivity index (χ1v) is 10.9. The zero-order chi connectivity index (χ0) is 21.1. The summed E-state index contributed by atoms with van der Waals surface area (Å²) in [5.41, 5.74) is 2.13. The van der Waals surface area contributed by atoms with Crippen molar-refractivity contribution >= 4 is 11.8 Å². The van der Waals surface area contributed by atoms with Crippen molar-refractivity contribution in [2.45, 2.75) is 38.3 Å². The molecule has 3 atom stereocenters. The minimum Gasteiger partial charge on any atom is -0.349 e. The van der Waals surface area contributed by atoms with E-state index in [1.54, 1.807) is 13.8 Å². The number of rotatable bonds is 5. The predicted octanol–water partition coefficient (Wildman–Crippen LogP) is 3.03. The Morgan fingerprint density at radius 1 is 1.03 bits per heavy atom. The van der Waals surface area contributed by atoms with Crippen LogP contribution in [0, 0.1) is 5.92 Å². The first-order valence-electron chi connectivity index (χ1n) is 10.9. The Bertz CT molecular complexity index is 886. The van der Waals surface area contributed by atoms with Crippen LogP contribution in [0.15, 0.2) is 60.7 Å². The van der Waals surface area contributed by atoms with E-state index in [1.807, 2.05) is 29.2 Å². The maximum atomic E-state index is 12.6. The average Bonchev–Trinajstić information content (AvgIpc) is 3.07. The second-order valence-electron chi connectivity index (χ2n) is 8.73. The average molecular weight is 406 g/mol. The summed E-state index contributed by atoms with van der Waals surface area (Å²) >= 11 is 0. The molecule has 0 spiro atoms. The van der Waals surface area contributed by atoms with Gasteiger partial charge in [0.05, 0.1) is 11.6 Å². The minimum atomic E-state index is -0.360. The highest BCUT2D eigenvalue weighted by Crippen LogP contribution is 2.47. The van der Waals surface area contributed by atoms with Crippen LogP contribution >= 0.6 is 0 Å². The molecule has 0 unspecified atom stereocenters. The van der Waals surface area contributed by atoms with Crippen molar-refractivity contribution in [3.8, 4) is 0 Å². The molecule has 2 aliphatic heterocycles. The molecule has 2 aromatic carbocycles. The maximum Gasteiger partial charge on any atom is 0.220 e. The first-order chi connectivity index (χ1) is 14.5. The topological polar surface area (TPSA) is 52.7 Å². The molecule has 2 aliphatic rings. The van der Waals surface area contributed by atoms with Crippen LogP contribution in [0.25, 0.3) is 0 Å². The number of likely N-dealkylation sites (tertiary alicyclic amines) is 2. The van der Waals surface area contributed by atoms with Gasteiger partial charge in [-0.15, -0.1) is 0 Å². The number of carbonyl (C=O) groups is 2. The van der Waals surface area contributed by atoms with Crippen LogP contribution < -0.4 is 5.32 Å². The van der Waals surface area contributed by atoms with Gasteiger partial charge < -0.3 is 15.1 Å². The summed E-state index contributed by atoms with van der Waals surface area (Å²) in [6.07, 6.45) is 1.87. The molecule has 0 aromatic heterocycles. The molecule has 5 heteroatoms. The van der Waals surface area contributed by atoms with Gasteiger partial charge in [-0.1, -0.05) is 60.7 Å². The second kappa shape index (κ2) is 8.60. The maximum absolute atomic E-state index is 12.6. The van der Waals surface area contributed by atoms with Crippen molar-refractivity contribution in [2.24, 2.45) is 5.92 Å². The van der Waals surface area contributed by atoms with Crippen LogP contribution in [-0.4, -0.2) is 53.3 Å². The normalized spacial score (nSPS) is 26.3. The molecule has 2 fully saturated rings. The monoisotopic (exact) mass is 405 g/mol. The number of nitrogens with one attached hydrogen (secondary N) is 1. The van der Waals surface area contributed by atoms with Crippen molar-refractivity contribution in [1.29, 1.82) is 0 Å².